The average molecular weight is 408 g/mol. The Bertz CT molecular complexity index is 564. The molecule has 1 aromatic heterocycles. The summed E-state index contributed by atoms with van der Waals surface area (Å²) < 4.78 is 0. The van der Waals surface area contributed by atoms with E-state index in [2.05, 4.69) is 24.1 Å². The van der Waals surface area contributed by atoms with E-state index in [4.69, 9.17) is 5.73 Å². The molecule has 2 rings (SSSR count). The van der Waals surface area contributed by atoms with E-state index < -0.39 is 12.1 Å². The van der Waals surface area contributed by atoms with Gasteiger partial charge in [0.05, 0.1) is 23.2 Å². The smallest absolute Gasteiger partial charge is 0.237 e. The molecule has 28 heavy (non-hydrogen) atoms. The van der Waals surface area contributed by atoms with E-state index in [0.717, 1.165) is 17.2 Å². The van der Waals surface area contributed by atoms with Crippen LogP contribution in [0.1, 0.15) is 65.2 Å². The zero-order valence-corrected chi connectivity index (χ0v) is 18.2. The van der Waals surface area contributed by atoms with Crippen LogP contribution in [0.2, 0.25) is 0 Å². The first-order valence-electron chi connectivity index (χ1n) is 10.7. The Labute approximate surface area is 174 Å². The van der Waals surface area contributed by atoms with Gasteiger partial charge in [0.15, 0.2) is 0 Å². The zero-order chi connectivity index (χ0) is 20.4. The van der Waals surface area contributed by atoms with E-state index in [1.165, 1.54) is 32.1 Å². The monoisotopic (exact) mass is 407 g/mol. The Hall–Kier alpha value is -1.11. The number of hydrogen-bond donors (Lipinski definition) is 3. The van der Waals surface area contributed by atoms with E-state index in [-0.39, 0.29) is 11.9 Å². The average Bonchev–Trinajstić information content (AvgIpc) is 2.68. The van der Waals surface area contributed by atoms with Crippen molar-refractivity contribution in [3.63, 3.8) is 0 Å². The molecule has 1 aliphatic carbocycles. The van der Waals surface area contributed by atoms with Crippen LogP contribution in [0.25, 0.3) is 0 Å². The van der Waals surface area contributed by atoms with E-state index in [9.17, 15) is 9.90 Å². The van der Waals surface area contributed by atoms with Gasteiger partial charge in [0.2, 0.25) is 5.91 Å². The third-order valence-electron chi connectivity index (χ3n) is 5.47. The van der Waals surface area contributed by atoms with Crippen molar-refractivity contribution in [2.45, 2.75) is 88.4 Å². The summed E-state index contributed by atoms with van der Waals surface area (Å²) in [6.07, 6.45) is 9.54. The first-order valence-corrected chi connectivity index (χ1v) is 11.7. The van der Waals surface area contributed by atoms with Gasteiger partial charge in [-0.2, -0.15) is 0 Å². The van der Waals surface area contributed by atoms with Gasteiger partial charge in [-0.1, -0.05) is 52.0 Å². The maximum atomic E-state index is 12.6. The van der Waals surface area contributed by atoms with Crippen LogP contribution in [0.4, 0.5) is 0 Å². The number of nitrogens with one attached hydrogen (secondary N) is 1. The van der Waals surface area contributed by atoms with Gasteiger partial charge in [-0.05, 0) is 43.2 Å². The molecule has 1 amide bonds. The number of thioether (sulfide) groups is 1. The summed E-state index contributed by atoms with van der Waals surface area (Å²) >= 11 is 1.64. The van der Waals surface area contributed by atoms with Gasteiger partial charge in [0, 0.05) is 11.9 Å². The molecule has 6 heteroatoms. The molecule has 1 heterocycles. The van der Waals surface area contributed by atoms with Gasteiger partial charge in [-0.15, -0.1) is 11.8 Å². The Morgan fingerprint density at radius 3 is 2.71 bits per heavy atom. The second-order valence-electron chi connectivity index (χ2n) is 8.46. The van der Waals surface area contributed by atoms with Crippen LogP contribution in [0.15, 0.2) is 29.4 Å². The number of hydrogen-bond acceptors (Lipinski definition) is 5. The third kappa shape index (κ3) is 8.50. The number of nitrogens with two attached hydrogens (primary N) is 1. The summed E-state index contributed by atoms with van der Waals surface area (Å²) in [4.78, 5) is 16.9. The van der Waals surface area contributed by atoms with Crippen molar-refractivity contribution in [2.75, 3.05) is 5.75 Å². The predicted octanol–water partition coefficient (Wildman–Crippen LogP) is 3.75. The Morgan fingerprint density at radius 1 is 1.32 bits per heavy atom. The minimum Gasteiger partial charge on any atom is -0.391 e. The molecule has 0 spiro atoms. The highest BCUT2D eigenvalue weighted by Gasteiger charge is 2.27. The van der Waals surface area contributed by atoms with Crippen molar-refractivity contribution in [1.82, 2.24) is 10.3 Å². The van der Waals surface area contributed by atoms with E-state index in [1.54, 1.807) is 18.0 Å². The molecule has 0 saturated heterocycles. The molecule has 0 radical (unpaired) electrons. The summed E-state index contributed by atoms with van der Waals surface area (Å²) in [5.74, 6) is 1.59. The largest absolute Gasteiger partial charge is 0.391 e. The molecule has 0 bridgehead atoms. The van der Waals surface area contributed by atoms with E-state index in [1.807, 2.05) is 18.2 Å². The first kappa shape index (κ1) is 23.2. The van der Waals surface area contributed by atoms with Crippen LogP contribution in [0.5, 0.6) is 0 Å². The van der Waals surface area contributed by atoms with Crippen LogP contribution >= 0.6 is 11.8 Å². The summed E-state index contributed by atoms with van der Waals surface area (Å²) in [5.41, 5.74) is 6.07. The second-order valence-corrected chi connectivity index (χ2v) is 9.58. The standard InChI is InChI=1S/C22H37N3O2S/c1-16(2)14-18(23)22(27)25-19(15-17-8-4-3-5-9-17)20(26)11-13-28-21-10-6-7-12-24-21/h6-7,10,12,16-20,26H,3-5,8-9,11,13-15,23H2,1-2H3,(H,25,27)/t18-,19-,20-/m0/s1. The highest BCUT2D eigenvalue weighted by Crippen LogP contribution is 2.29. The molecule has 0 aromatic carbocycles. The normalized spacial score (nSPS) is 18.6. The molecule has 5 nitrogen and oxygen atoms in total. The minimum absolute atomic E-state index is 0.133. The van der Waals surface area contributed by atoms with Crippen molar-refractivity contribution in [3.05, 3.63) is 24.4 Å². The molecule has 0 aliphatic heterocycles. The predicted molar refractivity (Wildman–Crippen MR) is 116 cm³/mol. The topological polar surface area (TPSA) is 88.2 Å². The van der Waals surface area contributed by atoms with E-state index in [0.29, 0.717) is 24.7 Å². The number of carbonyl (C=O) groups excluding carboxylic acids is 1. The van der Waals surface area contributed by atoms with Crippen molar-refractivity contribution < 1.29 is 9.90 Å². The fourth-order valence-corrected chi connectivity index (χ4v) is 4.80. The lowest BCUT2D eigenvalue weighted by Gasteiger charge is -2.31. The Balaban J connectivity index is 1.90. The van der Waals surface area contributed by atoms with Crippen molar-refractivity contribution >= 4 is 17.7 Å². The second kappa shape index (κ2) is 12.5. The van der Waals surface area contributed by atoms with Crippen LogP contribution in [-0.2, 0) is 4.79 Å². The summed E-state index contributed by atoms with van der Waals surface area (Å²) in [6, 6.07) is 5.11. The molecule has 1 saturated carbocycles. The fraction of sp³-hybridized carbons (Fsp3) is 0.727. The summed E-state index contributed by atoms with van der Waals surface area (Å²) in [6.45, 7) is 4.13. The first-order chi connectivity index (χ1) is 13.5. The maximum absolute atomic E-state index is 12.6. The maximum Gasteiger partial charge on any atom is 0.237 e. The van der Waals surface area contributed by atoms with Crippen LogP contribution in [0.3, 0.4) is 0 Å². The SMILES string of the molecule is CC(C)C[C@H](N)C(=O)N[C@@H](CC1CCCCC1)[C@@H](O)CCSc1ccccn1. The van der Waals surface area contributed by atoms with Gasteiger partial charge in [-0.25, -0.2) is 4.98 Å². The van der Waals surface area contributed by atoms with E-state index >= 15 is 0 Å². The molecule has 1 aromatic rings. The number of aromatic nitrogens is 1. The highest BCUT2D eigenvalue weighted by molar-refractivity contribution is 7.99. The van der Waals surface area contributed by atoms with Gasteiger partial charge < -0.3 is 16.2 Å². The van der Waals surface area contributed by atoms with Gasteiger partial charge in [0.1, 0.15) is 0 Å². The van der Waals surface area contributed by atoms with Crippen molar-refractivity contribution in [3.8, 4) is 0 Å². The molecule has 0 unspecified atom stereocenters. The number of amides is 1. The number of aliphatic hydroxyl groups excluding tert-OH is 1. The molecule has 4 N–H and O–H groups in total. The molecular weight excluding hydrogens is 370 g/mol. The van der Waals surface area contributed by atoms with Crippen molar-refractivity contribution in [2.24, 2.45) is 17.6 Å². The van der Waals surface area contributed by atoms with Crippen LogP contribution < -0.4 is 11.1 Å². The number of rotatable bonds is 11. The van der Waals surface area contributed by atoms with Gasteiger partial charge >= 0.3 is 0 Å². The quantitative estimate of drug-likeness (QED) is 0.486. The lowest BCUT2D eigenvalue weighted by atomic mass is 9.83. The highest BCUT2D eigenvalue weighted by atomic mass is 32.2. The molecule has 158 valence electrons. The molecular formula is C22H37N3O2S. The van der Waals surface area contributed by atoms with Gasteiger partial charge in [-0.3, -0.25) is 4.79 Å². The Morgan fingerprint density at radius 2 is 2.07 bits per heavy atom. The summed E-state index contributed by atoms with van der Waals surface area (Å²) in [7, 11) is 0. The zero-order valence-electron chi connectivity index (χ0n) is 17.3. The van der Waals surface area contributed by atoms with Gasteiger partial charge in [0.25, 0.3) is 0 Å². The molecule has 3 atom stereocenters. The molecule has 1 fully saturated rings. The van der Waals surface area contributed by atoms with Crippen LogP contribution in [-0.4, -0.2) is 39.9 Å². The number of pyridine rings is 1. The lowest BCUT2D eigenvalue weighted by molar-refractivity contribution is -0.124. The minimum atomic E-state index is -0.562. The molecule has 1 aliphatic rings. The fourth-order valence-electron chi connectivity index (χ4n) is 3.92. The van der Waals surface area contributed by atoms with Crippen molar-refractivity contribution in [1.29, 1.82) is 0 Å². The third-order valence-corrected chi connectivity index (χ3v) is 6.44. The Kier molecular flexibility index (Phi) is 10.3. The number of aliphatic hydroxyl groups is 1. The summed E-state index contributed by atoms with van der Waals surface area (Å²) in [5, 5.41) is 14.9. The lowest BCUT2D eigenvalue weighted by Crippen LogP contribution is -2.51. The number of carbonyl (C=O) groups is 1. The number of nitrogens with zero attached hydrogens (tertiary/aromatic N) is 1. The van der Waals surface area contributed by atoms with Crippen LogP contribution in [0, 0.1) is 11.8 Å².